The molecule has 1 amide bonds. The molecule has 0 bridgehead atoms. The molecular weight excluding hydrogens is 497 g/mol. The van der Waals surface area contributed by atoms with Crippen molar-refractivity contribution in [3.63, 3.8) is 0 Å². The predicted molar refractivity (Wildman–Crippen MR) is 139 cm³/mol. The molecule has 4 aliphatic rings. The first-order chi connectivity index (χ1) is 18.3. The monoisotopic (exact) mass is 534 g/mol. The molecule has 1 saturated carbocycles. The molecule has 3 heterocycles. The third kappa shape index (κ3) is 5.76. The topological polar surface area (TPSA) is 77.7 Å². The summed E-state index contributed by atoms with van der Waals surface area (Å²) in [6.07, 6.45) is 2.10. The lowest BCUT2D eigenvalue weighted by Gasteiger charge is -2.47. The third-order valence-electron chi connectivity index (χ3n) is 8.79. The second-order valence-electron chi connectivity index (χ2n) is 11.2. The largest absolute Gasteiger partial charge is 0.477 e. The highest BCUT2D eigenvalue weighted by molar-refractivity contribution is 6.26. The molecule has 38 heavy (non-hydrogen) atoms. The summed E-state index contributed by atoms with van der Waals surface area (Å²) in [5.74, 6) is 0.738. The molecule has 3 fully saturated rings. The molecule has 2 atom stereocenters. The molecule has 2 saturated heterocycles. The van der Waals surface area contributed by atoms with Gasteiger partial charge in [0, 0.05) is 18.7 Å². The van der Waals surface area contributed by atoms with Gasteiger partial charge >= 0.3 is 6.18 Å². The Hall–Kier alpha value is -2.46. The van der Waals surface area contributed by atoms with Crippen LogP contribution in [0.3, 0.4) is 0 Å². The van der Waals surface area contributed by atoms with Crippen LogP contribution in [0.2, 0.25) is 0 Å². The number of benzene rings is 1. The number of ether oxygens (including phenoxy) is 1. The summed E-state index contributed by atoms with van der Waals surface area (Å²) in [4.78, 5) is 25.6. The van der Waals surface area contributed by atoms with Crippen molar-refractivity contribution >= 4 is 18.0 Å². The number of aliphatic hydroxyl groups is 1. The van der Waals surface area contributed by atoms with Crippen LogP contribution >= 0.6 is 0 Å². The van der Waals surface area contributed by atoms with Crippen LogP contribution in [0, 0.1) is 11.3 Å². The minimum absolute atomic E-state index is 0.00913. The molecule has 3 aliphatic heterocycles. The zero-order chi connectivity index (χ0) is 26.8. The lowest BCUT2D eigenvalue weighted by molar-refractivity contribution is -0.256. The molecule has 1 aromatic rings. The number of carbonyl (C=O) groups excluding carboxylic acids is 1. The Labute approximate surface area is 221 Å². The number of hydrogen-bond acceptors (Lipinski definition) is 6. The van der Waals surface area contributed by atoms with E-state index in [2.05, 4.69) is 9.98 Å². The second kappa shape index (κ2) is 11.3. The third-order valence-corrected chi connectivity index (χ3v) is 8.79. The highest BCUT2D eigenvalue weighted by atomic mass is 19.4. The van der Waals surface area contributed by atoms with Crippen molar-refractivity contribution in [1.29, 1.82) is 0 Å². The van der Waals surface area contributed by atoms with E-state index < -0.39 is 11.6 Å². The van der Waals surface area contributed by atoms with Gasteiger partial charge in [-0.15, -0.1) is 0 Å². The summed E-state index contributed by atoms with van der Waals surface area (Å²) in [6.45, 7) is 3.09. The van der Waals surface area contributed by atoms with Crippen LogP contribution in [0.5, 0.6) is 0 Å². The summed E-state index contributed by atoms with van der Waals surface area (Å²) in [7, 11) is 0. The molecular formula is C28H37F3N4O3. The van der Waals surface area contributed by atoms with Crippen LogP contribution < -0.4 is 0 Å². The fourth-order valence-electron chi connectivity index (χ4n) is 6.08. The minimum Gasteiger partial charge on any atom is -0.477 e. The number of aliphatic imine (C=N–C) groups is 2. The lowest BCUT2D eigenvalue weighted by Crippen LogP contribution is -2.53. The first-order valence-electron chi connectivity index (χ1n) is 13.8. The van der Waals surface area contributed by atoms with Gasteiger partial charge in [-0.25, -0.2) is 4.99 Å². The number of aliphatic hydroxyl groups excluding tert-OH is 1. The van der Waals surface area contributed by atoms with Gasteiger partial charge in [0.2, 0.25) is 5.90 Å². The van der Waals surface area contributed by atoms with Crippen LogP contribution in [0.1, 0.15) is 66.9 Å². The van der Waals surface area contributed by atoms with E-state index in [4.69, 9.17) is 4.74 Å². The Morgan fingerprint density at radius 3 is 2.39 bits per heavy atom. The van der Waals surface area contributed by atoms with E-state index in [1.54, 1.807) is 11.1 Å². The highest BCUT2D eigenvalue weighted by Gasteiger charge is 2.58. The number of hydrogen-bond donors (Lipinski definition) is 1. The Bertz CT molecular complexity index is 1030. The van der Waals surface area contributed by atoms with Crippen LogP contribution in [0.25, 0.3) is 0 Å². The van der Waals surface area contributed by atoms with E-state index in [-0.39, 0.29) is 44.0 Å². The Balaban J connectivity index is 1.05. The predicted octanol–water partition coefficient (Wildman–Crippen LogP) is 4.27. The molecule has 0 aromatic heterocycles. The summed E-state index contributed by atoms with van der Waals surface area (Å²) >= 11 is 0. The number of carbonyl (C=O) groups is 1. The van der Waals surface area contributed by atoms with Gasteiger partial charge in [-0.1, -0.05) is 18.6 Å². The van der Waals surface area contributed by atoms with E-state index in [1.807, 2.05) is 29.2 Å². The van der Waals surface area contributed by atoms with Crippen molar-refractivity contribution in [1.82, 2.24) is 9.80 Å². The Morgan fingerprint density at radius 1 is 1.08 bits per heavy atom. The van der Waals surface area contributed by atoms with Crippen molar-refractivity contribution in [2.24, 2.45) is 21.3 Å². The quantitative estimate of drug-likeness (QED) is 0.567. The van der Waals surface area contributed by atoms with Gasteiger partial charge in [0.15, 0.2) is 0 Å². The molecule has 1 aromatic carbocycles. The van der Waals surface area contributed by atoms with Gasteiger partial charge in [0.1, 0.15) is 0 Å². The maximum absolute atomic E-state index is 13.5. The second-order valence-corrected chi connectivity index (χ2v) is 11.2. The van der Waals surface area contributed by atoms with E-state index in [0.717, 1.165) is 31.2 Å². The number of alkyl halides is 3. The molecule has 208 valence electrons. The fraction of sp³-hybridized carbons (Fsp3) is 0.679. The number of nitrogens with zero attached hydrogens (tertiary/aromatic N) is 4. The molecule has 1 N–H and O–H groups in total. The van der Waals surface area contributed by atoms with E-state index in [9.17, 15) is 23.1 Å². The summed E-state index contributed by atoms with van der Waals surface area (Å²) in [5, 5.41) is 9.49. The maximum Gasteiger partial charge on any atom is 0.395 e. The molecule has 7 nitrogen and oxygen atoms in total. The number of amides is 1. The molecule has 1 aliphatic carbocycles. The number of halogens is 3. The first kappa shape index (κ1) is 27.1. The standard InChI is InChI=1S/C28H37F3N4O3/c29-28(30,31)27(10-2-11-27)19-34-13-8-20(9-14-34)18-38-25-16-32-24(15-33-25)21-4-6-22(7-5-21)26(37)35-12-1-3-23(35)17-36/h4-7,16,20,23-24,36H,1-3,8-15,17-19H2/t23-,24?/m1/s1. The van der Waals surface area contributed by atoms with Crippen LogP contribution in [0.4, 0.5) is 13.2 Å². The highest BCUT2D eigenvalue weighted by Crippen LogP contribution is 2.53. The van der Waals surface area contributed by atoms with Crippen molar-refractivity contribution in [3.05, 3.63) is 35.4 Å². The van der Waals surface area contributed by atoms with Crippen molar-refractivity contribution < 1.29 is 27.8 Å². The van der Waals surface area contributed by atoms with Gasteiger partial charge in [-0.05, 0) is 75.2 Å². The maximum atomic E-state index is 13.5. The van der Waals surface area contributed by atoms with Crippen LogP contribution in [-0.2, 0) is 4.74 Å². The lowest BCUT2D eigenvalue weighted by atomic mass is 9.67. The van der Waals surface area contributed by atoms with Crippen molar-refractivity contribution in [2.45, 2.75) is 63.2 Å². The average molecular weight is 535 g/mol. The van der Waals surface area contributed by atoms with Gasteiger partial charge < -0.3 is 19.6 Å². The molecule has 10 heteroatoms. The van der Waals surface area contributed by atoms with Gasteiger partial charge in [0.05, 0.1) is 43.5 Å². The molecule has 5 rings (SSSR count). The molecule has 0 radical (unpaired) electrons. The fourth-order valence-corrected chi connectivity index (χ4v) is 6.08. The Morgan fingerprint density at radius 2 is 1.82 bits per heavy atom. The zero-order valence-corrected chi connectivity index (χ0v) is 21.7. The molecule has 0 spiro atoms. The van der Waals surface area contributed by atoms with Crippen molar-refractivity contribution in [2.75, 3.05) is 45.9 Å². The summed E-state index contributed by atoms with van der Waals surface area (Å²) < 4.78 is 46.4. The Kier molecular flexibility index (Phi) is 8.09. The van der Waals surface area contributed by atoms with E-state index >= 15 is 0 Å². The average Bonchev–Trinajstić information content (AvgIpc) is 3.38. The van der Waals surface area contributed by atoms with Gasteiger partial charge in [-0.2, -0.15) is 13.2 Å². The summed E-state index contributed by atoms with van der Waals surface area (Å²) in [5.41, 5.74) is 0.0808. The van der Waals surface area contributed by atoms with Crippen LogP contribution in [-0.4, -0.2) is 91.1 Å². The van der Waals surface area contributed by atoms with Gasteiger partial charge in [-0.3, -0.25) is 9.79 Å². The van der Waals surface area contributed by atoms with Crippen LogP contribution in [0.15, 0.2) is 34.3 Å². The number of likely N-dealkylation sites (tertiary alicyclic amines) is 2. The SMILES string of the molecule is O=C(c1ccc(C2CN=C(OCC3CCN(CC4(C(F)(F)F)CCC4)CC3)C=N2)cc1)N1CCC[C@@H]1CO. The van der Waals surface area contributed by atoms with Crippen molar-refractivity contribution in [3.8, 4) is 0 Å². The van der Waals surface area contributed by atoms with Gasteiger partial charge in [0.25, 0.3) is 5.91 Å². The smallest absolute Gasteiger partial charge is 0.395 e. The minimum atomic E-state index is -4.11. The summed E-state index contributed by atoms with van der Waals surface area (Å²) in [6, 6.07) is 7.19. The molecule has 1 unspecified atom stereocenters. The number of rotatable bonds is 7. The normalized spacial score (nSPS) is 26.2. The first-order valence-corrected chi connectivity index (χ1v) is 13.8. The number of piperidine rings is 1. The van der Waals surface area contributed by atoms with E-state index in [0.29, 0.717) is 56.6 Å². The zero-order valence-electron chi connectivity index (χ0n) is 21.7. The van der Waals surface area contributed by atoms with E-state index in [1.165, 1.54) is 0 Å².